The molecule has 0 saturated carbocycles. The highest BCUT2D eigenvalue weighted by atomic mass is 32.1. The third-order valence-corrected chi connectivity index (χ3v) is 4.16. The number of rotatable bonds is 3. The fraction of sp³-hybridized carbons (Fsp3) is 0.583. The highest BCUT2D eigenvalue weighted by molar-refractivity contribution is 7.10. The van der Waals surface area contributed by atoms with Crippen LogP contribution in [0.3, 0.4) is 0 Å². The first kappa shape index (κ1) is 12.5. The SMILES string of the molecule is Cc1ccsc1CC(N)C(=O)N1CCNCC1. The smallest absolute Gasteiger partial charge is 0.239 e. The molecule has 1 aliphatic heterocycles. The second-order valence-corrected chi connectivity index (χ2v) is 5.41. The largest absolute Gasteiger partial charge is 0.339 e. The van der Waals surface area contributed by atoms with E-state index in [1.54, 1.807) is 11.3 Å². The maximum Gasteiger partial charge on any atom is 0.239 e. The number of piperazine rings is 1. The van der Waals surface area contributed by atoms with E-state index in [-0.39, 0.29) is 5.91 Å². The molecular weight excluding hydrogens is 234 g/mol. The van der Waals surface area contributed by atoms with E-state index in [1.165, 1.54) is 10.4 Å². The molecule has 0 spiro atoms. The summed E-state index contributed by atoms with van der Waals surface area (Å²) in [5.74, 6) is 0.0827. The van der Waals surface area contributed by atoms with Crippen molar-refractivity contribution in [2.24, 2.45) is 5.73 Å². The first-order valence-electron chi connectivity index (χ1n) is 5.96. The molecule has 1 aromatic heterocycles. The van der Waals surface area contributed by atoms with Crippen LogP contribution in [0.4, 0.5) is 0 Å². The van der Waals surface area contributed by atoms with Gasteiger partial charge in [0.2, 0.25) is 5.91 Å². The quantitative estimate of drug-likeness (QED) is 0.817. The number of amides is 1. The Morgan fingerprint density at radius 3 is 2.88 bits per heavy atom. The number of hydrogen-bond acceptors (Lipinski definition) is 4. The zero-order valence-corrected chi connectivity index (χ0v) is 10.9. The van der Waals surface area contributed by atoms with Gasteiger partial charge in [0.05, 0.1) is 6.04 Å². The highest BCUT2D eigenvalue weighted by Crippen LogP contribution is 2.17. The minimum absolute atomic E-state index is 0.0827. The van der Waals surface area contributed by atoms with Crippen LogP contribution >= 0.6 is 11.3 Å². The molecule has 1 amide bonds. The molecule has 2 heterocycles. The topological polar surface area (TPSA) is 58.4 Å². The van der Waals surface area contributed by atoms with Gasteiger partial charge in [0.25, 0.3) is 0 Å². The third kappa shape index (κ3) is 3.06. The second-order valence-electron chi connectivity index (χ2n) is 4.41. The molecule has 0 aliphatic carbocycles. The average molecular weight is 253 g/mol. The first-order valence-corrected chi connectivity index (χ1v) is 6.84. The summed E-state index contributed by atoms with van der Waals surface area (Å²) in [5.41, 5.74) is 7.24. The number of carbonyl (C=O) groups excluding carboxylic acids is 1. The van der Waals surface area contributed by atoms with E-state index >= 15 is 0 Å². The van der Waals surface area contributed by atoms with Gasteiger partial charge in [0.15, 0.2) is 0 Å². The van der Waals surface area contributed by atoms with E-state index in [1.807, 2.05) is 10.3 Å². The standard InChI is InChI=1S/C12H19N3OS/c1-9-2-7-17-11(9)8-10(13)12(16)15-5-3-14-4-6-15/h2,7,10,14H,3-6,8,13H2,1H3. The molecule has 1 saturated heterocycles. The van der Waals surface area contributed by atoms with E-state index in [4.69, 9.17) is 5.73 Å². The van der Waals surface area contributed by atoms with Gasteiger partial charge in [0, 0.05) is 37.5 Å². The zero-order chi connectivity index (χ0) is 12.3. The van der Waals surface area contributed by atoms with E-state index in [9.17, 15) is 4.79 Å². The van der Waals surface area contributed by atoms with Crippen molar-refractivity contribution < 1.29 is 4.79 Å². The number of aryl methyl sites for hydroxylation is 1. The Hall–Kier alpha value is -0.910. The Labute approximate surface area is 106 Å². The van der Waals surface area contributed by atoms with E-state index < -0.39 is 6.04 Å². The predicted molar refractivity (Wildman–Crippen MR) is 70.2 cm³/mol. The van der Waals surface area contributed by atoms with Crippen LogP contribution in [0.5, 0.6) is 0 Å². The minimum Gasteiger partial charge on any atom is -0.339 e. The van der Waals surface area contributed by atoms with Crippen LogP contribution in [-0.2, 0) is 11.2 Å². The number of thiophene rings is 1. The lowest BCUT2D eigenvalue weighted by Crippen LogP contribution is -2.52. The molecular formula is C12H19N3OS. The van der Waals surface area contributed by atoms with Gasteiger partial charge in [-0.2, -0.15) is 0 Å². The van der Waals surface area contributed by atoms with Gasteiger partial charge in [0.1, 0.15) is 0 Å². The fourth-order valence-corrected chi connectivity index (χ4v) is 2.99. The van der Waals surface area contributed by atoms with E-state index in [0.29, 0.717) is 6.42 Å². The van der Waals surface area contributed by atoms with Crippen molar-refractivity contribution in [3.8, 4) is 0 Å². The molecule has 1 aromatic rings. The molecule has 0 aromatic carbocycles. The van der Waals surface area contributed by atoms with Crippen molar-refractivity contribution in [1.82, 2.24) is 10.2 Å². The third-order valence-electron chi connectivity index (χ3n) is 3.12. The normalized spacial score (nSPS) is 18.1. The van der Waals surface area contributed by atoms with Gasteiger partial charge in [-0.05, 0) is 23.9 Å². The predicted octanol–water partition coefficient (Wildman–Crippen LogP) is 0.358. The molecule has 17 heavy (non-hydrogen) atoms. The monoisotopic (exact) mass is 253 g/mol. The molecule has 5 heteroatoms. The molecule has 0 bridgehead atoms. The van der Waals surface area contributed by atoms with Crippen molar-refractivity contribution in [3.63, 3.8) is 0 Å². The van der Waals surface area contributed by atoms with Crippen molar-refractivity contribution in [2.75, 3.05) is 26.2 Å². The summed E-state index contributed by atoms with van der Waals surface area (Å²) >= 11 is 1.68. The summed E-state index contributed by atoms with van der Waals surface area (Å²) in [6.45, 7) is 5.35. The molecule has 1 aliphatic rings. The Balaban J connectivity index is 1.93. The summed E-state index contributed by atoms with van der Waals surface area (Å²) in [4.78, 5) is 15.2. The van der Waals surface area contributed by atoms with Gasteiger partial charge in [-0.3, -0.25) is 4.79 Å². The molecule has 2 rings (SSSR count). The van der Waals surface area contributed by atoms with Crippen LogP contribution in [0.2, 0.25) is 0 Å². The van der Waals surface area contributed by atoms with Gasteiger partial charge in [-0.1, -0.05) is 0 Å². The van der Waals surface area contributed by atoms with Crippen LogP contribution in [0.15, 0.2) is 11.4 Å². The van der Waals surface area contributed by atoms with Crippen LogP contribution in [0.1, 0.15) is 10.4 Å². The molecule has 94 valence electrons. The van der Waals surface area contributed by atoms with Crippen molar-refractivity contribution >= 4 is 17.2 Å². The highest BCUT2D eigenvalue weighted by Gasteiger charge is 2.23. The summed E-state index contributed by atoms with van der Waals surface area (Å²) < 4.78 is 0. The van der Waals surface area contributed by atoms with Crippen LogP contribution in [0, 0.1) is 6.92 Å². The number of hydrogen-bond donors (Lipinski definition) is 2. The summed E-state index contributed by atoms with van der Waals surface area (Å²) in [6.07, 6.45) is 0.659. The number of nitrogens with one attached hydrogen (secondary N) is 1. The Bertz CT molecular complexity index is 385. The van der Waals surface area contributed by atoms with Crippen molar-refractivity contribution in [3.05, 3.63) is 21.9 Å². The minimum atomic E-state index is -0.398. The number of nitrogens with two attached hydrogens (primary N) is 1. The van der Waals surface area contributed by atoms with E-state index in [2.05, 4.69) is 18.3 Å². The number of carbonyl (C=O) groups is 1. The molecule has 3 N–H and O–H groups in total. The molecule has 1 fully saturated rings. The van der Waals surface area contributed by atoms with Gasteiger partial charge < -0.3 is 16.0 Å². The molecule has 1 unspecified atom stereocenters. The van der Waals surface area contributed by atoms with Gasteiger partial charge >= 0.3 is 0 Å². The fourth-order valence-electron chi connectivity index (χ4n) is 2.02. The first-order chi connectivity index (χ1) is 8.18. The maximum atomic E-state index is 12.1. The summed E-state index contributed by atoms with van der Waals surface area (Å²) in [5, 5.41) is 5.28. The lowest BCUT2D eigenvalue weighted by atomic mass is 10.1. The molecule has 1 atom stereocenters. The molecule has 0 radical (unpaired) electrons. The van der Waals surface area contributed by atoms with E-state index in [0.717, 1.165) is 26.2 Å². The number of nitrogens with zero attached hydrogens (tertiary/aromatic N) is 1. The maximum absolute atomic E-state index is 12.1. The zero-order valence-electron chi connectivity index (χ0n) is 10.1. The van der Waals surface area contributed by atoms with Crippen LogP contribution in [-0.4, -0.2) is 43.0 Å². The molecule has 4 nitrogen and oxygen atoms in total. The lowest BCUT2D eigenvalue weighted by molar-refractivity contribution is -0.133. The van der Waals surface area contributed by atoms with Gasteiger partial charge in [-0.15, -0.1) is 11.3 Å². The van der Waals surface area contributed by atoms with Crippen molar-refractivity contribution in [1.29, 1.82) is 0 Å². The van der Waals surface area contributed by atoms with Crippen LogP contribution in [0.25, 0.3) is 0 Å². The second kappa shape index (κ2) is 5.62. The Morgan fingerprint density at radius 2 is 2.29 bits per heavy atom. The van der Waals surface area contributed by atoms with Crippen molar-refractivity contribution in [2.45, 2.75) is 19.4 Å². The summed E-state index contributed by atoms with van der Waals surface area (Å²) in [7, 11) is 0. The Kier molecular flexibility index (Phi) is 4.15. The summed E-state index contributed by atoms with van der Waals surface area (Å²) in [6, 6.07) is 1.67. The average Bonchev–Trinajstić information content (AvgIpc) is 2.75. The van der Waals surface area contributed by atoms with Gasteiger partial charge in [-0.25, -0.2) is 0 Å². The van der Waals surface area contributed by atoms with Crippen LogP contribution < -0.4 is 11.1 Å². The Morgan fingerprint density at radius 1 is 1.59 bits per heavy atom. The lowest BCUT2D eigenvalue weighted by Gasteiger charge is -2.29.